The van der Waals surface area contributed by atoms with Gasteiger partial charge in [-0.25, -0.2) is 0 Å². The van der Waals surface area contributed by atoms with Crippen LogP contribution in [0.5, 0.6) is 0 Å². The van der Waals surface area contributed by atoms with Crippen molar-refractivity contribution >= 4 is 5.78 Å². The fraction of sp³-hybridized carbons (Fsp3) is 0.875. The topological polar surface area (TPSA) is 40.9 Å². The Hall–Kier alpha value is -0.840. The molecule has 2 heteroatoms. The standard InChI is InChI=1S/C16H29NO/c1-2-3-4-5-6-7-8-9-10-11-13-16(18)14-12-15-17/h2-14H2,1H3. The van der Waals surface area contributed by atoms with Crippen LogP contribution < -0.4 is 0 Å². The number of nitriles is 1. The normalized spacial score (nSPS) is 10.2. The van der Waals surface area contributed by atoms with Gasteiger partial charge in [0.05, 0.1) is 6.07 Å². The van der Waals surface area contributed by atoms with Crippen molar-refractivity contribution in [1.29, 1.82) is 5.26 Å². The Morgan fingerprint density at radius 2 is 1.33 bits per heavy atom. The van der Waals surface area contributed by atoms with Gasteiger partial charge in [0.25, 0.3) is 0 Å². The van der Waals surface area contributed by atoms with Crippen molar-refractivity contribution in [3.8, 4) is 6.07 Å². The zero-order valence-corrected chi connectivity index (χ0v) is 12.0. The van der Waals surface area contributed by atoms with Gasteiger partial charge in [-0.1, -0.05) is 64.7 Å². The van der Waals surface area contributed by atoms with Crippen LogP contribution in [0.1, 0.15) is 90.4 Å². The number of hydrogen-bond acceptors (Lipinski definition) is 2. The lowest BCUT2D eigenvalue weighted by Crippen LogP contribution is -1.96. The molecule has 0 heterocycles. The van der Waals surface area contributed by atoms with Crippen LogP contribution in [0.3, 0.4) is 0 Å². The molecule has 2 nitrogen and oxygen atoms in total. The molecular formula is C16H29NO. The molecule has 0 atom stereocenters. The molecule has 0 bridgehead atoms. The third kappa shape index (κ3) is 13.2. The molecule has 0 aromatic carbocycles. The third-order valence-corrected chi connectivity index (χ3v) is 3.32. The predicted molar refractivity (Wildman–Crippen MR) is 76.3 cm³/mol. The summed E-state index contributed by atoms with van der Waals surface area (Å²) < 4.78 is 0. The summed E-state index contributed by atoms with van der Waals surface area (Å²) in [6, 6.07) is 2.02. The number of nitrogens with zero attached hydrogens (tertiary/aromatic N) is 1. The third-order valence-electron chi connectivity index (χ3n) is 3.32. The smallest absolute Gasteiger partial charge is 0.133 e. The summed E-state index contributed by atoms with van der Waals surface area (Å²) in [6.07, 6.45) is 14.5. The molecule has 0 unspecified atom stereocenters. The van der Waals surface area contributed by atoms with Gasteiger partial charge in [-0.15, -0.1) is 0 Å². The van der Waals surface area contributed by atoms with E-state index in [1.165, 1.54) is 57.8 Å². The molecular weight excluding hydrogens is 222 g/mol. The van der Waals surface area contributed by atoms with Crippen molar-refractivity contribution in [2.45, 2.75) is 90.4 Å². The Morgan fingerprint density at radius 1 is 0.833 bits per heavy atom. The average molecular weight is 251 g/mol. The minimum absolute atomic E-state index is 0.260. The van der Waals surface area contributed by atoms with E-state index < -0.39 is 0 Å². The molecule has 0 saturated heterocycles. The molecule has 0 saturated carbocycles. The molecule has 0 aromatic rings. The zero-order valence-electron chi connectivity index (χ0n) is 12.0. The second-order valence-corrected chi connectivity index (χ2v) is 5.13. The number of rotatable bonds is 13. The largest absolute Gasteiger partial charge is 0.300 e. The van der Waals surface area contributed by atoms with E-state index in [0.29, 0.717) is 19.3 Å². The highest BCUT2D eigenvalue weighted by Gasteiger charge is 2.00. The number of unbranched alkanes of at least 4 members (excludes halogenated alkanes) is 9. The molecule has 0 aromatic heterocycles. The number of Topliss-reactive ketones (excluding diaryl/α,β-unsaturated/α-hetero) is 1. The molecule has 0 fully saturated rings. The van der Waals surface area contributed by atoms with E-state index in [2.05, 4.69) is 6.92 Å². The first-order valence-corrected chi connectivity index (χ1v) is 7.70. The first-order chi connectivity index (χ1) is 8.81. The van der Waals surface area contributed by atoms with Gasteiger partial charge in [0.1, 0.15) is 5.78 Å². The van der Waals surface area contributed by atoms with Crippen molar-refractivity contribution in [1.82, 2.24) is 0 Å². The summed E-state index contributed by atoms with van der Waals surface area (Å²) in [5, 5.41) is 8.36. The van der Waals surface area contributed by atoms with Gasteiger partial charge < -0.3 is 0 Å². The monoisotopic (exact) mass is 251 g/mol. The number of ketones is 1. The van der Waals surface area contributed by atoms with Crippen LogP contribution in [0.4, 0.5) is 0 Å². The highest BCUT2D eigenvalue weighted by molar-refractivity contribution is 5.78. The van der Waals surface area contributed by atoms with Crippen LogP contribution in [-0.2, 0) is 4.79 Å². The van der Waals surface area contributed by atoms with Crippen LogP contribution in [0.2, 0.25) is 0 Å². The molecule has 0 amide bonds. The lowest BCUT2D eigenvalue weighted by molar-refractivity contribution is -0.119. The Morgan fingerprint density at radius 3 is 1.83 bits per heavy atom. The fourth-order valence-electron chi connectivity index (χ4n) is 2.13. The minimum Gasteiger partial charge on any atom is -0.300 e. The van der Waals surface area contributed by atoms with E-state index in [0.717, 1.165) is 6.42 Å². The van der Waals surface area contributed by atoms with Gasteiger partial charge in [-0.2, -0.15) is 5.26 Å². The van der Waals surface area contributed by atoms with Gasteiger partial charge in [0, 0.05) is 19.3 Å². The number of carbonyl (C=O) groups is 1. The lowest BCUT2D eigenvalue weighted by atomic mass is 10.0. The van der Waals surface area contributed by atoms with Gasteiger partial charge in [-0.05, 0) is 6.42 Å². The molecule has 0 aliphatic carbocycles. The summed E-state index contributed by atoms with van der Waals surface area (Å²) in [7, 11) is 0. The van der Waals surface area contributed by atoms with E-state index in [-0.39, 0.29) is 5.78 Å². The van der Waals surface area contributed by atoms with Crippen molar-refractivity contribution in [3.05, 3.63) is 0 Å². The van der Waals surface area contributed by atoms with Gasteiger partial charge in [0.2, 0.25) is 0 Å². The maximum absolute atomic E-state index is 11.3. The lowest BCUT2D eigenvalue weighted by Gasteiger charge is -2.02. The second-order valence-electron chi connectivity index (χ2n) is 5.13. The first-order valence-electron chi connectivity index (χ1n) is 7.70. The molecule has 0 rings (SSSR count). The highest BCUT2D eigenvalue weighted by atomic mass is 16.1. The van der Waals surface area contributed by atoms with Crippen LogP contribution in [-0.4, -0.2) is 5.78 Å². The van der Waals surface area contributed by atoms with Crippen molar-refractivity contribution in [2.24, 2.45) is 0 Å². The molecule has 0 aliphatic heterocycles. The number of carbonyl (C=O) groups excluding carboxylic acids is 1. The van der Waals surface area contributed by atoms with Crippen LogP contribution in [0, 0.1) is 11.3 Å². The van der Waals surface area contributed by atoms with Crippen LogP contribution in [0.25, 0.3) is 0 Å². The van der Waals surface area contributed by atoms with Crippen molar-refractivity contribution in [3.63, 3.8) is 0 Å². The Kier molecular flexibility index (Phi) is 13.6. The summed E-state index contributed by atoms with van der Waals surface area (Å²) in [5.41, 5.74) is 0. The molecule has 0 spiro atoms. The predicted octanol–water partition coefficient (Wildman–Crippen LogP) is 5.17. The molecule has 0 radical (unpaired) electrons. The quantitative estimate of drug-likeness (QED) is 0.424. The number of hydrogen-bond donors (Lipinski definition) is 0. The van der Waals surface area contributed by atoms with E-state index in [1.807, 2.05) is 6.07 Å². The van der Waals surface area contributed by atoms with E-state index in [4.69, 9.17) is 5.26 Å². The van der Waals surface area contributed by atoms with Gasteiger partial charge in [-0.3, -0.25) is 4.79 Å². The molecule has 104 valence electrons. The van der Waals surface area contributed by atoms with E-state index >= 15 is 0 Å². The van der Waals surface area contributed by atoms with Crippen LogP contribution in [0.15, 0.2) is 0 Å². The van der Waals surface area contributed by atoms with E-state index in [9.17, 15) is 4.79 Å². The SMILES string of the molecule is CCCCCCCCCCCCC(=O)CCC#N. The molecule has 18 heavy (non-hydrogen) atoms. The highest BCUT2D eigenvalue weighted by Crippen LogP contribution is 2.11. The fourth-order valence-corrected chi connectivity index (χ4v) is 2.13. The Labute approximate surface area is 113 Å². The van der Waals surface area contributed by atoms with Crippen molar-refractivity contribution < 1.29 is 4.79 Å². The molecule has 0 N–H and O–H groups in total. The van der Waals surface area contributed by atoms with Crippen LogP contribution >= 0.6 is 0 Å². The summed E-state index contributed by atoms with van der Waals surface area (Å²) in [4.78, 5) is 11.3. The maximum Gasteiger partial charge on any atom is 0.133 e. The zero-order chi connectivity index (χ0) is 13.5. The Bertz CT molecular complexity index is 230. The molecule has 0 aliphatic rings. The summed E-state index contributed by atoms with van der Waals surface area (Å²) in [6.45, 7) is 2.25. The van der Waals surface area contributed by atoms with E-state index in [1.54, 1.807) is 0 Å². The van der Waals surface area contributed by atoms with Crippen molar-refractivity contribution in [2.75, 3.05) is 0 Å². The second kappa shape index (κ2) is 14.2. The summed E-state index contributed by atoms with van der Waals surface area (Å²) >= 11 is 0. The van der Waals surface area contributed by atoms with Gasteiger partial charge >= 0.3 is 0 Å². The Balaban J connectivity index is 3.07. The maximum atomic E-state index is 11.3. The minimum atomic E-state index is 0.260. The average Bonchev–Trinajstić information content (AvgIpc) is 2.38. The first kappa shape index (κ1) is 17.2. The summed E-state index contributed by atoms with van der Waals surface area (Å²) in [5.74, 6) is 0.260. The van der Waals surface area contributed by atoms with Gasteiger partial charge in [0.15, 0.2) is 0 Å².